The molecule has 1 aliphatic carbocycles. The molecule has 2 rings (SSSR count). The van der Waals surface area contributed by atoms with Crippen molar-refractivity contribution in [3.05, 3.63) is 35.9 Å². The fraction of sp³-hybridized carbons (Fsp3) is 0.600. The van der Waals surface area contributed by atoms with Gasteiger partial charge >= 0.3 is 6.18 Å². The molecule has 3 unspecified atom stereocenters. The van der Waals surface area contributed by atoms with Crippen LogP contribution in [0.15, 0.2) is 30.3 Å². The molecule has 0 aromatic heterocycles. The molecule has 1 saturated carbocycles. The van der Waals surface area contributed by atoms with Crippen LogP contribution in [0.1, 0.15) is 37.8 Å². The van der Waals surface area contributed by atoms with Crippen molar-refractivity contribution in [3.8, 4) is 0 Å². The maximum absolute atomic E-state index is 13.1. The summed E-state index contributed by atoms with van der Waals surface area (Å²) in [5.74, 6) is 0.894. The van der Waals surface area contributed by atoms with Crippen molar-refractivity contribution in [1.29, 1.82) is 0 Å². The van der Waals surface area contributed by atoms with Gasteiger partial charge in [0.15, 0.2) is 0 Å². The van der Waals surface area contributed by atoms with Gasteiger partial charge in [0.05, 0.1) is 0 Å². The van der Waals surface area contributed by atoms with Crippen molar-refractivity contribution in [2.75, 3.05) is 6.54 Å². The molecule has 1 nitrogen and oxygen atoms in total. The van der Waals surface area contributed by atoms with E-state index in [0.29, 0.717) is 23.9 Å². The Labute approximate surface area is 112 Å². The molecule has 0 saturated heterocycles. The molecule has 1 aromatic carbocycles. The molecule has 1 fully saturated rings. The van der Waals surface area contributed by atoms with Gasteiger partial charge in [0.1, 0.15) is 6.04 Å². The zero-order valence-corrected chi connectivity index (χ0v) is 11.1. The van der Waals surface area contributed by atoms with E-state index >= 15 is 0 Å². The quantitative estimate of drug-likeness (QED) is 0.860. The number of benzene rings is 1. The predicted molar refractivity (Wildman–Crippen MR) is 69.7 cm³/mol. The molecule has 106 valence electrons. The molecule has 3 atom stereocenters. The summed E-state index contributed by atoms with van der Waals surface area (Å²) in [4.78, 5) is 0. The highest BCUT2D eigenvalue weighted by Gasteiger charge is 2.41. The fourth-order valence-electron chi connectivity index (χ4n) is 2.86. The first-order valence-corrected chi connectivity index (χ1v) is 6.83. The molecule has 0 amide bonds. The first-order chi connectivity index (χ1) is 8.98. The van der Waals surface area contributed by atoms with Gasteiger partial charge in [-0.3, -0.25) is 0 Å². The first-order valence-electron chi connectivity index (χ1n) is 6.83. The van der Waals surface area contributed by atoms with Gasteiger partial charge in [-0.1, -0.05) is 50.1 Å². The fourth-order valence-corrected chi connectivity index (χ4v) is 2.86. The van der Waals surface area contributed by atoms with Gasteiger partial charge in [-0.25, -0.2) is 0 Å². The molecule has 4 heteroatoms. The Morgan fingerprint density at radius 2 is 1.89 bits per heavy atom. The molecule has 1 N–H and O–H groups in total. The highest BCUT2D eigenvalue weighted by Crippen LogP contribution is 2.35. The van der Waals surface area contributed by atoms with Crippen LogP contribution in [0.4, 0.5) is 13.2 Å². The molecule has 0 heterocycles. The van der Waals surface area contributed by atoms with E-state index in [1.54, 1.807) is 18.2 Å². The maximum atomic E-state index is 13.1. The van der Waals surface area contributed by atoms with Crippen molar-refractivity contribution in [2.45, 2.75) is 38.4 Å². The summed E-state index contributed by atoms with van der Waals surface area (Å²) < 4.78 is 39.3. The molecular formula is C15H20F3N. The minimum Gasteiger partial charge on any atom is -0.302 e. The van der Waals surface area contributed by atoms with Gasteiger partial charge in [-0.05, 0) is 30.4 Å². The minimum absolute atomic E-state index is 0.292. The van der Waals surface area contributed by atoms with Crippen molar-refractivity contribution in [2.24, 2.45) is 11.8 Å². The van der Waals surface area contributed by atoms with Crippen LogP contribution in [0.25, 0.3) is 0 Å². The number of nitrogens with one attached hydrogen (secondary N) is 1. The summed E-state index contributed by atoms with van der Waals surface area (Å²) in [6.45, 7) is 2.57. The zero-order chi connectivity index (χ0) is 13.9. The van der Waals surface area contributed by atoms with Crippen molar-refractivity contribution >= 4 is 0 Å². The molecule has 1 aromatic rings. The lowest BCUT2D eigenvalue weighted by atomic mass is 9.97. The first kappa shape index (κ1) is 14.4. The monoisotopic (exact) mass is 271 g/mol. The Balaban J connectivity index is 2.03. The number of hydrogen-bond acceptors (Lipinski definition) is 1. The topological polar surface area (TPSA) is 12.0 Å². The van der Waals surface area contributed by atoms with Crippen LogP contribution in [0.2, 0.25) is 0 Å². The Kier molecular flexibility index (Phi) is 4.50. The Hall–Kier alpha value is -1.03. The van der Waals surface area contributed by atoms with E-state index < -0.39 is 12.2 Å². The molecule has 19 heavy (non-hydrogen) atoms. The number of halogens is 3. The largest absolute Gasteiger partial charge is 0.407 e. The molecule has 0 spiro atoms. The number of hydrogen-bond donors (Lipinski definition) is 1. The van der Waals surface area contributed by atoms with Crippen LogP contribution < -0.4 is 5.32 Å². The summed E-state index contributed by atoms with van der Waals surface area (Å²) in [6.07, 6.45) is -0.944. The molecule has 0 aliphatic heterocycles. The molecule has 0 radical (unpaired) electrons. The van der Waals surface area contributed by atoms with Crippen LogP contribution in [0, 0.1) is 11.8 Å². The third-order valence-electron chi connectivity index (χ3n) is 4.08. The van der Waals surface area contributed by atoms with Crippen LogP contribution in [-0.2, 0) is 0 Å². The van der Waals surface area contributed by atoms with E-state index in [0.717, 1.165) is 19.3 Å². The Bertz CT molecular complexity index is 388. The lowest BCUT2D eigenvalue weighted by molar-refractivity contribution is -0.158. The third kappa shape index (κ3) is 3.72. The van der Waals surface area contributed by atoms with Crippen molar-refractivity contribution < 1.29 is 13.2 Å². The van der Waals surface area contributed by atoms with Crippen LogP contribution in [-0.4, -0.2) is 12.7 Å². The smallest absolute Gasteiger partial charge is 0.302 e. The highest BCUT2D eigenvalue weighted by atomic mass is 19.4. The van der Waals surface area contributed by atoms with Gasteiger partial charge in [0, 0.05) is 0 Å². The standard InChI is InChI=1S/C15H20F3N/c1-11-6-5-9-13(11)10-19-14(15(16,17)18)12-7-3-2-4-8-12/h2-4,7-8,11,13-14,19H,5-6,9-10H2,1H3. The molecule has 1 aliphatic rings. The zero-order valence-electron chi connectivity index (χ0n) is 11.1. The van der Waals surface area contributed by atoms with E-state index in [2.05, 4.69) is 12.2 Å². The third-order valence-corrected chi connectivity index (χ3v) is 4.08. The summed E-state index contributed by atoms with van der Waals surface area (Å²) in [5, 5.41) is 2.72. The second-order valence-electron chi connectivity index (χ2n) is 5.46. The minimum atomic E-state index is -4.25. The van der Waals surface area contributed by atoms with E-state index in [9.17, 15) is 13.2 Å². The lowest BCUT2D eigenvalue weighted by Gasteiger charge is -2.25. The van der Waals surface area contributed by atoms with Crippen molar-refractivity contribution in [1.82, 2.24) is 5.32 Å². The van der Waals surface area contributed by atoms with Gasteiger partial charge in [-0.2, -0.15) is 13.2 Å². The van der Waals surface area contributed by atoms with Gasteiger partial charge in [0.25, 0.3) is 0 Å². The van der Waals surface area contributed by atoms with Crippen LogP contribution >= 0.6 is 0 Å². The predicted octanol–water partition coefficient (Wildman–Crippen LogP) is 4.32. The van der Waals surface area contributed by atoms with E-state index in [1.807, 2.05) is 0 Å². The number of alkyl halides is 3. The average Bonchev–Trinajstić information content (AvgIpc) is 2.75. The van der Waals surface area contributed by atoms with Gasteiger partial charge < -0.3 is 5.32 Å². The van der Waals surface area contributed by atoms with E-state index in [-0.39, 0.29) is 0 Å². The molecule has 0 bridgehead atoms. The second kappa shape index (κ2) is 5.95. The summed E-state index contributed by atoms with van der Waals surface area (Å²) >= 11 is 0. The van der Waals surface area contributed by atoms with Crippen LogP contribution in [0.5, 0.6) is 0 Å². The normalized spacial score (nSPS) is 25.5. The van der Waals surface area contributed by atoms with Crippen molar-refractivity contribution in [3.63, 3.8) is 0 Å². The van der Waals surface area contributed by atoms with Gasteiger partial charge in [-0.15, -0.1) is 0 Å². The Morgan fingerprint density at radius 3 is 2.42 bits per heavy atom. The highest BCUT2D eigenvalue weighted by molar-refractivity contribution is 5.20. The molecular weight excluding hydrogens is 251 g/mol. The van der Waals surface area contributed by atoms with Crippen LogP contribution in [0.3, 0.4) is 0 Å². The SMILES string of the molecule is CC1CCCC1CNC(c1ccccc1)C(F)(F)F. The summed E-state index contributed by atoms with van der Waals surface area (Å²) in [6, 6.07) is 6.53. The Morgan fingerprint density at radius 1 is 1.21 bits per heavy atom. The number of rotatable bonds is 4. The lowest BCUT2D eigenvalue weighted by Crippen LogP contribution is -2.37. The maximum Gasteiger partial charge on any atom is 0.407 e. The van der Waals surface area contributed by atoms with E-state index in [4.69, 9.17) is 0 Å². The summed E-state index contributed by atoms with van der Waals surface area (Å²) in [7, 11) is 0. The van der Waals surface area contributed by atoms with E-state index in [1.165, 1.54) is 12.1 Å². The summed E-state index contributed by atoms with van der Waals surface area (Å²) in [5.41, 5.74) is 0.292. The van der Waals surface area contributed by atoms with Gasteiger partial charge in [0.2, 0.25) is 0 Å². The second-order valence-corrected chi connectivity index (χ2v) is 5.46. The average molecular weight is 271 g/mol.